The average Bonchev–Trinajstić information content (AvgIpc) is 2.67. The Bertz CT molecular complexity index is 861. The van der Waals surface area contributed by atoms with E-state index in [1.807, 2.05) is 48.5 Å². The van der Waals surface area contributed by atoms with Crippen LogP contribution in [0.5, 0.6) is 5.75 Å². The Balaban J connectivity index is 1.82. The van der Waals surface area contributed by atoms with Gasteiger partial charge in [-0.15, -0.1) is 0 Å². The van der Waals surface area contributed by atoms with E-state index in [4.69, 9.17) is 16.3 Å². The summed E-state index contributed by atoms with van der Waals surface area (Å²) in [5, 5.41) is 3.86. The number of nitrogens with one attached hydrogen (secondary N) is 1. The van der Waals surface area contributed by atoms with Crippen LogP contribution in [0.25, 0.3) is 0 Å². The molecule has 3 rings (SSSR count). The fraction of sp³-hybridized carbons (Fsp3) is 0.0952. The lowest BCUT2D eigenvalue weighted by molar-refractivity contribution is 0.103. The quantitative estimate of drug-likeness (QED) is 0.621. The van der Waals surface area contributed by atoms with Crippen molar-refractivity contribution in [3.05, 3.63) is 94.5 Å². The van der Waals surface area contributed by atoms with Crippen molar-refractivity contribution in [2.45, 2.75) is 6.54 Å². The highest BCUT2D eigenvalue weighted by Gasteiger charge is 2.14. The first-order valence-electron chi connectivity index (χ1n) is 7.93. The van der Waals surface area contributed by atoms with Gasteiger partial charge in [-0.05, 0) is 35.9 Å². The zero-order chi connectivity index (χ0) is 17.6. The molecule has 0 amide bonds. The molecule has 0 fully saturated rings. The number of rotatable bonds is 6. The highest BCUT2D eigenvalue weighted by molar-refractivity contribution is 6.31. The number of anilines is 1. The molecule has 0 aliphatic heterocycles. The number of ketones is 1. The maximum atomic E-state index is 12.8. The first kappa shape index (κ1) is 17.1. The third-order valence-corrected chi connectivity index (χ3v) is 4.14. The van der Waals surface area contributed by atoms with Crippen molar-refractivity contribution in [1.82, 2.24) is 0 Å². The van der Waals surface area contributed by atoms with E-state index in [1.165, 1.54) is 0 Å². The normalized spacial score (nSPS) is 10.3. The number of carbonyl (C=O) groups is 1. The number of hydrogen-bond acceptors (Lipinski definition) is 3. The second-order valence-electron chi connectivity index (χ2n) is 5.59. The number of benzene rings is 3. The summed E-state index contributed by atoms with van der Waals surface area (Å²) in [5.74, 6) is 0.760. The van der Waals surface area contributed by atoms with Gasteiger partial charge in [-0.25, -0.2) is 0 Å². The van der Waals surface area contributed by atoms with Crippen molar-refractivity contribution in [3.8, 4) is 5.75 Å². The topological polar surface area (TPSA) is 38.3 Å². The van der Waals surface area contributed by atoms with Crippen molar-refractivity contribution < 1.29 is 9.53 Å². The minimum atomic E-state index is -0.0552. The van der Waals surface area contributed by atoms with E-state index in [1.54, 1.807) is 31.4 Å². The summed E-state index contributed by atoms with van der Waals surface area (Å²) in [7, 11) is 1.64. The molecule has 4 heteroatoms. The van der Waals surface area contributed by atoms with Crippen molar-refractivity contribution in [3.63, 3.8) is 0 Å². The molecule has 0 saturated carbocycles. The first-order chi connectivity index (χ1) is 12.2. The summed E-state index contributed by atoms with van der Waals surface area (Å²) in [4.78, 5) is 12.8. The molecule has 126 valence electrons. The molecule has 3 aromatic carbocycles. The van der Waals surface area contributed by atoms with E-state index in [-0.39, 0.29) is 5.78 Å². The summed E-state index contributed by atoms with van der Waals surface area (Å²) in [6, 6.07) is 22.3. The van der Waals surface area contributed by atoms with Crippen LogP contribution >= 0.6 is 11.6 Å². The van der Waals surface area contributed by atoms with Gasteiger partial charge >= 0.3 is 0 Å². The predicted octanol–water partition coefficient (Wildman–Crippen LogP) is 5.19. The van der Waals surface area contributed by atoms with Crippen LogP contribution < -0.4 is 10.1 Å². The molecule has 1 N–H and O–H groups in total. The van der Waals surface area contributed by atoms with Gasteiger partial charge in [0.25, 0.3) is 0 Å². The monoisotopic (exact) mass is 351 g/mol. The van der Waals surface area contributed by atoms with Gasteiger partial charge in [-0.3, -0.25) is 4.79 Å². The van der Waals surface area contributed by atoms with Gasteiger partial charge in [0.15, 0.2) is 5.78 Å². The molecule has 0 saturated heterocycles. The standard InChI is InChI=1S/C21H18ClNO2/c1-25-18-10-7-15(8-11-18)14-23-20-12-9-17(22)13-19(20)21(24)16-5-3-2-4-6-16/h2-13,23H,14H2,1H3. The largest absolute Gasteiger partial charge is 0.497 e. The molecular weight excluding hydrogens is 334 g/mol. The molecule has 0 spiro atoms. The van der Waals surface area contributed by atoms with Gasteiger partial charge in [0.05, 0.1) is 7.11 Å². The van der Waals surface area contributed by atoms with Crippen LogP contribution in [0.4, 0.5) is 5.69 Å². The summed E-state index contributed by atoms with van der Waals surface area (Å²) in [5.41, 5.74) is 3.05. The van der Waals surface area contributed by atoms with Crippen LogP contribution in [0.3, 0.4) is 0 Å². The van der Waals surface area contributed by atoms with Crippen molar-refractivity contribution >= 4 is 23.1 Å². The summed E-state index contributed by atoms with van der Waals surface area (Å²) in [6.45, 7) is 0.598. The van der Waals surface area contributed by atoms with Gasteiger partial charge in [0, 0.05) is 28.4 Å². The van der Waals surface area contributed by atoms with Crippen molar-refractivity contribution in [2.75, 3.05) is 12.4 Å². The molecule has 0 aliphatic rings. The summed E-state index contributed by atoms with van der Waals surface area (Å²) in [6.07, 6.45) is 0. The van der Waals surface area contributed by atoms with Crippen molar-refractivity contribution in [2.24, 2.45) is 0 Å². The highest BCUT2D eigenvalue weighted by atomic mass is 35.5. The van der Waals surface area contributed by atoms with Crippen LogP contribution in [-0.4, -0.2) is 12.9 Å². The van der Waals surface area contributed by atoms with E-state index in [0.717, 1.165) is 17.0 Å². The third-order valence-electron chi connectivity index (χ3n) is 3.90. The SMILES string of the molecule is COc1ccc(CNc2ccc(Cl)cc2C(=O)c2ccccc2)cc1. The lowest BCUT2D eigenvalue weighted by Gasteiger charge is -2.12. The van der Waals surface area contributed by atoms with Gasteiger partial charge in [0.1, 0.15) is 5.75 Å². The smallest absolute Gasteiger partial charge is 0.195 e. The molecule has 0 atom stereocenters. The fourth-order valence-corrected chi connectivity index (χ4v) is 2.72. The predicted molar refractivity (Wildman–Crippen MR) is 102 cm³/mol. The third kappa shape index (κ3) is 4.20. The molecule has 25 heavy (non-hydrogen) atoms. The Morgan fingerprint density at radius 2 is 1.72 bits per heavy atom. The average molecular weight is 352 g/mol. The maximum Gasteiger partial charge on any atom is 0.195 e. The van der Waals surface area contributed by atoms with Gasteiger partial charge in [0.2, 0.25) is 0 Å². The molecule has 0 bridgehead atoms. The Hall–Kier alpha value is -2.78. The van der Waals surface area contributed by atoms with Crippen molar-refractivity contribution in [1.29, 1.82) is 0 Å². The summed E-state index contributed by atoms with van der Waals surface area (Å²) >= 11 is 6.11. The van der Waals surface area contributed by atoms with E-state index < -0.39 is 0 Å². The molecule has 0 aliphatic carbocycles. The van der Waals surface area contributed by atoms with E-state index in [0.29, 0.717) is 22.7 Å². The van der Waals surface area contributed by atoms with E-state index >= 15 is 0 Å². The van der Waals surface area contributed by atoms with Crippen LogP contribution in [0.2, 0.25) is 5.02 Å². The number of ether oxygens (including phenoxy) is 1. The molecular formula is C21H18ClNO2. The lowest BCUT2D eigenvalue weighted by Crippen LogP contribution is -2.08. The fourth-order valence-electron chi connectivity index (χ4n) is 2.54. The zero-order valence-corrected chi connectivity index (χ0v) is 14.6. The van der Waals surface area contributed by atoms with E-state index in [2.05, 4.69) is 5.32 Å². The van der Waals surface area contributed by atoms with E-state index in [9.17, 15) is 4.79 Å². The van der Waals surface area contributed by atoms with Crippen LogP contribution in [0, 0.1) is 0 Å². The second kappa shape index (κ2) is 7.86. The second-order valence-corrected chi connectivity index (χ2v) is 6.02. The van der Waals surface area contributed by atoms with Gasteiger partial charge in [-0.1, -0.05) is 54.1 Å². The Kier molecular flexibility index (Phi) is 5.36. The number of halogens is 1. The number of hydrogen-bond donors (Lipinski definition) is 1. The lowest BCUT2D eigenvalue weighted by atomic mass is 10.0. The Morgan fingerprint density at radius 1 is 1.00 bits per heavy atom. The molecule has 0 unspecified atom stereocenters. The molecule has 0 aromatic heterocycles. The number of carbonyl (C=O) groups excluding carboxylic acids is 1. The minimum absolute atomic E-state index is 0.0552. The highest BCUT2D eigenvalue weighted by Crippen LogP contribution is 2.24. The summed E-state index contributed by atoms with van der Waals surface area (Å²) < 4.78 is 5.16. The molecule has 3 aromatic rings. The number of methoxy groups -OCH3 is 1. The zero-order valence-electron chi connectivity index (χ0n) is 13.8. The maximum absolute atomic E-state index is 12.8. The van der Waals surface area contributed by atoms with Crippen LogP contribution in [0.1, 0.15) is 21.5 Å². The molecule has 0 radical (unpaired) electrons. The van der Waals surface area contributed by atoms with Crippen LogP contribution in [0.15, 0.2) is 72.8 Å². The first-order valence-corrected chi connectivity index (χ1v) is 8.31. The minimum Gasteiger partial charge on any atom is -0.497 e. The van der Waals surface area contributed by atoms with Gasteiger partial charge in [-0.2, -0.15) is 0 Å². The molecule has 3 nitrogen and oxygen atoms in total. The Labute approximate surface area is 152 Å². The van der Waals surface area contributed by atoms with Gasteiger partial charge < -0.3 is 10.1 Å². The Morgan fingerprint density at radius 3 is 2.40 bits per heavy atom. The molecule has 0 heterocycles. The van der Waals surface area contributed by atoms with Crippen LogP contribution in [-0.2, 0) is 6.54 Å².